The van der Waals surface area contributed by atoms with Gasteiger partial charge in [0.15, 0.2) is 6.61 Å². The third-order valence-electron chi connectivity index (χ3n) is 3.77. The number of furan rings is 1. The summed E-state index contributed by atoms with van der Waals surface area (Å²) in [6.45, 7) is 8.79. The van der Waals surface area contributed by atoms with Crippen molar-refractivity contribution in [2.75, 3.05) is 11.9 Å². The van der Waals surface area contributed by atoms with Crippen LogP contribution in [0.15, 0.2) is 22.6 Å². The number of carbonyl (C=O) groups excluding carboxylic acids is 2. The van der Waals surface area contributed by atoms with Crippen molar-refractivity contribution in [3.63, 3.8) is 0 Å². The van der Waals surface area contributed by atoms with Gasteiger partial charge in [0, 0.05) is 11.3 Å². The van der Waals surface area contributed by atoms with E-state index in [1.54, 1.807) is 20.8 Å². The standard InChI is InChI=1S/C18H21NO4/c1-10-6-7-11(2)15(8-10)19-16(20)9-22-18(21)17-12(3)13(4)23-14(17)5/h6-8H,9H2,1-5H3,(H,19,20). The lowest BCUT2D eigenvalue weighted by molar-refractivity contribution is -0.119. The molecular weight excluding hydrogens is 294 g/mol. The second-order valence-electron chi connectivity index (χ2n) is 5.66. The summed E-state index contributed by atoms with van der Waals surface area (Å²) in [5, 5.41) is 2.75. The Morgan fingerprint density at radius 2 is 1.78 bits per heavy atom. The highest BCUT2D eigenvalue weighted by Gasteiger charge is 2.20. The van der Waals surface area contributed by atoms with Crippen LogP contribution in [0.1, 0.15) is 38.6 Å². The van der Waals surface area contributed by atoms with Gasteiger partial charge in [0.2, 0.25) is 0 Å². The fourth-order valence-electron chi connectivity index (χ4n) is 2.35. The first kappa shape index (κ1) is 16.8. The lowest BCUT2D eigenvalue weighted by Crippen LogP contribution is -2.21. The maximum absolute atomic E-state index is 12.1. The van der Waals surface area contributed by atoms with Crippen LogP contribution in [0, 0.1) is 34.6 Å². The molecule has 1 heterocycles. The van der Waals surface area contributed by atoms with Crippen molar-refractivity contribution in [2.24, 2.45) is 0 Å². The molecule has 0 radical (unpaired) electrons. The van der Waals surface area contributed by atoms with Crippen molar-refractivity contribution in [3.8, 4) is 0 Å². The van der Waals surface area contributed by atoms with Crippen molar-refractivity contribution in [1.82, 2.24) is 0 Å². The van der Waals surface area contributed by atoms with Gasteiger partial charge in [0.1, 0.15) is 17.1 Å². The summed E-state index contributed by atoms with van der Waals surface area (Å²) < 4.78 is 10.5. The molecule has 0 saturated heterocycles. The summed E-state index contributed by atoms with van der Waals surface area (Å²) in [7, 11) is 0. The van der Waals surface area contributed by atoms with Gasteiger partial charge in [-0.3, -0.25) is 4.79 Å². The van der Waals surface area contributed by atoms with Crippen LogP contribution < -0.4 is 5.32 Å². The van der Waals surface area contributed by atoms with Crippen LogP contribution in [0.3, 0.4) is 0 Å². The number of anilines is 1. The van der Waals surface area contributed by atoms with Gasteiger partial charge in [-0.1, -0.05) is 12.1 Å². The molecule has 0 atom stereocenters. The molecule has 1 aromatic heterocycles. The van der Waals surface area contributed by atoms with Crippen LogP contribution >= 0.6 is 0 Å². The normalized spacial score (nSPS) is 10.5. The molecule has 0 fully saturated rings. The number of esters is 1. The molecular formula is C18H21NO4. The third-order valence-corrected chi connectivity index (χ3v) is 3.77. The minimum Gasteiger partial charge on any atom is -0.465 e. The molecule has 0 bridgehead atoms. The second kappa shape index (κ2) is 6.69. The van der Waals surface area contributed by atoms with Gasteiger partial charge in [0.25, 0.3) is 5.91 Å². The lowest BCUT2D eigenvalue weighted by Gasteiger charge is -2.10. The quantitative estimate of drug-likeness (QED) is 0.875. The number of benzene rings is 1. The van der Waals surface area contributed by atoms with Crippen LogP contribution in [0.4, 0.5) is 5.69 Å². The molecule has 1 N–H and O–H groups in total. The molecule has 0 unspecified atom stereocenters. The van der Waals surface area contributed by atoms with E-state index in [-0.39, 0.29) is 12.5 Å². The molecule has 5 nitrogen and oxygen atoms in total. The van der Waals surface area contributed by atoms with Gasteiger partial charge in [0.05, 0.1) is 0 Å². The van der Waals surface area contributed by atoms with E-state index in [0.717, 1.165) is 22.4 Å². The number of aryl methyl sites for hydroxylation is 4. The van der Waals surface area contributed by atoms with Gasteiger partial charge in [-0.2, -0.15) is 0 Å². The van der Waals surface area contributed by atoms with Crippen molar-refractivity contribution in [3.05, 3.63) is 52.0 Å². The largest absolute Gasteiger partial charge is 0.465 e. The van der Waals surface area contributed by atoms with Gasteiger partial charge >= 0.3 is 5.97 Å². The molecule has 0 aliphatic carbocycles. The van der Waals surface area contributed by atoms with E-state index in [1.165, 1.54) is 0 Å². The summed E-state index contributed by atoms with van der Waals surface area (Å²) >= 11 is 0. The lowest BCUT2D eigenvalue weighted by atomic mass is 10.1. The van der Waals surface area contributed by atoms with E-state index in [0.29, 0.717) is 17.1 Å². The molecule has 122 valence electrons. The van der Waals surface area contributed by atoms with Crippen molar-refractivity contribution >= 4 is 17.6 Å². The molecule has 2 rings (SSSR count). The molecule has 0 aliphatic heterocycles. The van der Waals surface area contributed by atoms with Crippen molar-refractivity contribution in [1.29, 1.82) is 0 Å². The molecule has 2 aromatic rings. The Labute approximate surface area is 135 Å². The van der Waals surface area contributed by atoms with Crippen molar-refractivity contribution < 1.29 is 18.7 Å². The highest BCUT2D eigenvalue weighted by molar-refractivity contribution is 5.97. The van der Waals surface area contributed by atoms with E-state index >= 15 is 0 Å². The zero-order chi connectivity index (χ0) is 17.1. The predicted octanol–water partition coefficient (Wildman–Crippen LogP) is 3.62. The van der Waals surface area contributed by atoms with Gasteiger partial charge in [-0.05, 0) is 51.8 Å². The summed E-state index contributed by atoms with van der Waals surface area (Å²) in [6, 6.07) is 5.78. The summed E-state index contributed by atoms with van der Waals surface area (Å²) in [5.41, 5.74) is 3.84. The summed E-state index contributed by atoms with van der Waals surface area (Å²) in [5.74, 6) is 0.254. The SMILES string of the molecule is Cc1ccc(C)c(NC(=O)COC(=O)c2c(C)oc(C)c2C)c1. The minimum atomic E-state index is -0.548. The Balaban J connectivity index is 1.99. The molecule has 0 aliphatic rings. The predicted molar refractivity (Wildman–Crippen MR) is 87.7 cm³/mol. The maximum Gasteiger partial charge on any atom is 0.342 e. The number of amides is 1. The number of nitrogens with one attached hydrogen (secondary N) is 1. The Bertz CT molecular complexity index is 759. The molecule has 0 saturated carbocycles. The van der Waals surface area contributed by atoms with Gasteiger partial charge in [-0.25, -0.2) is 4.79 Å². The van der Waals surface area contributed by atoms with E-state index in [4.69, 9.17) is 9.15 Å². The highest BCUT2D eigenvalue weighted by Crippen LogP contribution is 2.21. The average Bonchev–Trinajstić information content (AvgIpc) is 2.73. The highest BCUT2D eigenvalue weighted by atomic mass is 16.5. The molecule has 1 aromatic carbocycles. The van der Waals surface area contributed by atoms with E-state index < -0.39 is 5.97 Å². The zero-order valence-corrected chi connectivity index (χ0v) is 14.1. The van der Waals surface area contributed by atoms with E-state index in [1.807, 2.05) is 32.0 Å². The van der Waals surface area contributed by atoms with Crippen LogP contribution in [0.25, 0.3) is 0 Å². The maximum atomic E-state index is 12.1. The van der Waals surface area contributed by atoms with Crippen molar-refractivity contribution in [2.45, 2.75) is 34.6 Å². The number of carbonyl (C=O) groups is 2. The van der Waals surface area contributed by atoms with E-state index in [9.17, 15) is 9.59 Å². The Morgan fingerprint density at radius 1 is 1.09 bits per heavy atom. The number of ether oxygens (including phenoxy) is 1. The number of rotatable bonds is 4. The molecule has 1 amide bonds. The van der Waals surface area contributed by atoms with Crippen LogP contribution in [0.2, 0.25) is 0 Å². The minimum absolute atomic E-state index is 0.338. The monoisotopic (exact) mass is 315 g/mol. The van der Waals surface area contributed by atoms with Gasteiger partial charge < -0.3 is 14.5 Å². The topological polar surface area (TPSA) is 68.5 Å². The number of hydrogen-bond acceptors (Lipinski definition) is 4. The Kier molecular flexibility index (Phi) is 4.89. The summed E-state index contributed by atoms with van der Waals surface area (Å²) in [4.78, 5) is 24.1. The Hall–Kier alpha value is -2.56. The fraction of sp³-hybridized carbons (Fsp3) is 0.333. The first-order chi connectivity index (χ1) is 10.8. The smallest absolute Gasteiger partial charge is 0.342 e. The molecule has 5 heteroatoms. The second-order valence-corrected chi connectivity index (χ2v) is 5.66. The average molecular weight is 315 g/mol. The number of hydrogen-bond donors (Lipinski definition) is 1. The van der Waals surface area contributed by atoms with Crippen LogP contribution in [0.5, 0.6) is 0 Å². The Morgan fingerprint density at radius 3 is 2.39 bits per heavy atom. The zero-order valence-electron chi connectivity index (χ0n) is 14.1. The van der Waals surface area contributed by atoms with Crippen LogP contribution in [-0.4, -0.2) is 18.5 Å². The summed E-state index contributed by atoms with van der Waals surface area (Å²) in [6.07, 6.45) is 0. The molecule has 23 heavy (non-hydrogen) atoms. The van der Waals surface area contributed by atoms with E-state index in [2.05, 4.69) is 5.32 Å². The fourth-order valence-corrected chi connectivity index (χ4v) is 2.35. The third kappa shape index (κ3) is 3.80. The first-order valence-corrected chi connectivity index (χ1v) is 7.40. The molecule has 0 spiro atoms. The van der Waals surface area contributed by atoms with Gasteiger partial charge in [-0.15, -0.1) is 0 Å². The first-order valence-electron chi connectivity index (χ1n) is 7.40. The van der Waals surface area contributed by atoms with Crippen LogP contribution in [-0.2, 0) is 9.53 Å².